The quantitative estimate of drug-likeness (QED) is 0.487. The van der Waals surface area contributed by atoms with Gasteiger partial charge in [0, 0.05) is 18.6 Å². The maximum Gasteiger partial charge on any atom is 0.224 e. The molecule has 6 heteroatoms. The van der Waals surface area contributed by atoms with Crippen LogP contribution in [0.2, 0.25) is 0 Å². The van der Waals surface area contributed by atoms with Gasteiger partial charge in [0.25, 0.3) is 0 Å². The number of methoxy groups -OCH3 is 1. The van der Waals surface area contributed by atoms with Gasteiger partial charge in [-0.2, -0.15) is 0 Å². The minimum absolute atomic E-state index is 0.163. The van der Waals surface area contributed by atoms with Crippen LogP contribution in [0.15, 0.2) is 66.7 Å². The summed E-state index contributed by atoms with van der Waals surface area (Å²) >= 11 is 0. The number of ether oxygens (including phenoxy) is 3. The summed E-state index contributed by atoms with van der Waals surface area (Å²) in [5, 5.41) is 0. The molecule has 0 N–H and O–H groups in total. The molecule has 156 valence electrons. The lowest BCUT2D eigenvalue weighted by molar-refractivity contribution is -0.116. The summed E-state index contributed by atoms with van der Waals surface area (Å²) in [4.78, 5) is 14.0. The number of carbonyl (C=O) groups is 1. The zero-order valence-corrected chi connectivity index (χ0v) is 17.2. The second-order valence-electron chi connectivity index (χ2n) is 6.54. The second kappa shape index (κ2) is 9.78. The highest BCUT2D eigenvalue weighted by Crippen LogP contribution is 2.35. The fourth-order valence-electron chi connectivity index (χ4n) is 3.04. The number of benzene rings is 3. The molecule has 1 amide bonds. The molecule has 0 spiro atoms. The zero-order chi connectivity index (χ0) is 21.5. The van der Waals surface area contributed by atoms with Crippen molar-refractivity contribution >= 4 is 11.6 Å². The van der Waals surface area contributed by atoms with Crippen LogP contribution in [0.4, 0.5) is 10.1 Å². The number of hydrogen-bond donors (Lipinski definition) is 0. The topological polar surface area (TPSA) is 48.0 Å². The molecule has 3 aromatic rings. The van der Waals surface area contributed by atoms with Crippen LogP contribution < -0.4 is 19.1 Å². The molecule has 3 rings (SSSR count). The highest BCUT2D eigenvalue weighted by Gasteiger charge is 2.20. The summed E-state index contributed by atoms with van der Waals surface area (Å²) in [6.45, 7) is 3.95. The molecule has 0 aliphatic rings. The van der Waals surface area contributed by atoms with Gasteiger partial charge < -0.3 is 19.1 Å². The third-order valence-corrected chi connectivity index (χ3v) is 4.46. The Bertz CT molecular complexity index is 1010. The molecule has 0 saturated heterocycles. The molecule has 3 aromatic carbocycles. The van der Waals surface area contributed by atoms with Crippen LogP contribution in [0.25, 0.3) is 0 Å². The van der Waals surface area contributed by atoms with Crippen LogP contribution in [0.1, 0.15) is 19.4 Å². The molecule has 0 unspecified atom stereocenters. The predicted octanol–water partition coefficient (Wildman–Crippen LogP) is 5.58. The Morgan fingerprint density at radius 2 is 1.70 bits per heavy atom. The van der Waals surface area contributed by atoms with Gasteiger partial charge in [0.2, 0.25) is 5.91 Å². The Morgan fingerprint density at radius 1 is 0.967 bits per heavy atom. The fraction of sp³-hybridized carbons (Fsp3) is 0.208. The van der Waals surface area contributed by atoms with Crippen LogP contribution in [-0.4, -0.2) is 19.6 Å². The largest absolute Gasteiger partial charge is 0.497 e. The Labute approximate surface area is 175 Å². The number of nitrogens with zero attached hydrogens (tertiary/aromatic N) is 1. The van der Waals surface area contributed by atoms with Crippen molar-refractivity contribution in [3.05, 3.63) is 78.1 Å². The van der Waals surface area contributed by atoms with Gasteiger partial charge in [-0.25, -0.2) is 4.39 Å². The van der Waals surface area contributed by atoms with E-state index in [9.17, 15) is 9.18 Å². The van der Waals surface area contributed by atoms with Crippen LogP contribution in [0, 0.1) is 5.82 Å². The number of anilines is 1. The summed E-state index contributed by atoms with van der Waals surface area (Å²) in [7, 11) is 1.57. The molecule has 0 radical (unpaired) electrons. The Balaban J connectivity index is 2.01. The van der Waals surface area contributed by atoms with Gasteiger partial charge in [0.15, 0.2) is 5.75 Å². The van der Waals surface area contributed by atoms with E-state index in [4.69, 9.17) is 14.2 Å². The zero-order valence-electron chi connectivity index (χ0n) is 17.2. The van der Waals surface area contributed by atoms with E-state index in [1.54, 1.807) is 37.4 Å². The molecule has 30 heavy (non-hydrogen) atoms. The Hall–Kier alpha value is -3.54. The molecule has 0 bridgehead atoms. The maximum atomic E-state index is 14.1. The normalized spacial score (nSPS) is 10.4. The molecular weight excluding hydrogens is 385 g/mol. The van der Waals surface area contributed by atoms with Crippen molar-refractivity contribution in [1.82, 2.24) is 0 Å². The summed E-state index contributed by atoms with van der Waals surface area (Å²) < 4.78 is 31.1. The highest BCUT2D eigenvalue weighted by atomic mass is 19.1. The van der Waals surface area contributed by atoms with E-state index in [1.807, 2.05) is 25.1 Å². The predicted molar refractivity (Wildman–Crippen MR) is 114 cm³/mol. The van der Waals surface area contributed by atoms with Crippen molar-refractivity contribution < 1.29 is 23.4 Å². The lowest BCUT2D eigenvalue weighted by atomic mass is 10.1. The first-order valence-electron chi connectivity index (χ1n) is 9.62. The molecule has 0 aromatic heterocycles. The summed E-state index contributed by atoms with van der Waals surface area (Å²) in [6.07, 6.45) is 0. The molecule has 0 aliphatic carbocycles. The highest BCUT2D eigenvalue weighted by molar-refractivity contribution is 5.93. The average molecular weight is 409 g/mol. The number of rotatable bonds is 8. The van der Waals surface area contributed by atoms with Crippen LogP contribution in [0.5, 0.6) is 23.0 Å². The minimum Gasteiger partial charge on any atom is -0.497 e. The summed E-state index contributed by atoms with van der Waals surface area (Å²) in [5.41, 5.74) is 1.07. The molecule has 0 heterocycles. The third-order valence-electron chi connectivity index (χ3n) is 4.46. The van der Waals surface area contributed by atoms with Gasteiger partial charge in [0.05, 0.1) is 25.9 Å². The minimum atomic E-state index is -0.465. The van der Waals surface area contributed by atoms with E-state index in [1.165, 1.54) is 30.0 Å². The number of halogens is 1. The van der Waals surface area contributed by atoms with Gasteiger partial charge in [0.1, 0.15) is 23.1 Å². The van der Waals surface area contributed by atoms with Gasteiger partial charge >= 0.3 is 0 Å². The van der Waals surface area contributed by atoms with E-state index < -0.39 is 5.82 Å². The molecule has 0 fully saturated rings. The average Bonchev–Trinajstić information content (AvgIpc) is 2.75. The van der Waals surface area contributed by atoms with Gasteiger partial charge in [-0.15, -0.1) is 0 Å². The van der Waals surface area contributed by atoms with Gasteiger partial charge in [-0.1, -0.05) is 18.2 Å². The standard InChI is InChI=1S/C24H24FNO4/c1-4-29-23-13-11-21(28-3)14-18(23)16-26(17(2)27)22-15-19(25)10-12-24(22)30-20-8-6-5-7-9-20/h5-15H,4,16H2,1-3H3. The van der Waals surface area contributed by atoms with E-state index in [-0.39, 0.29) is 12.5 Å². The van der Waals surface area contributed by atoms with E-state index in [0.717, 1.165) is 5.56 Å². The molecule has 5 nitrogen and oxygen atoms in total. The Kier molecular flexibility index (Phi) is 6.91. The molecular formula is C24H24FNO4. The van der Waals surface area contributed by atoms with Gasteiger partial charge in [-0.05, 0) is 49.4 Å². The van der Waals surface area contributed by atoms with Crippen molar-refractivity contribution in [2.24, 2.45) is 0 Å². The first-order valence-corrected chi connectivity index (χ1v) is 9.62. The SMILES string of the molecule is CCOc1ccc(OC)cc1CN(C(C)=O)c1cc(F)ccc1Oc1ccccc1. The number of para-hydroxylation sites is 1. The molecule has 0 atom stereocenters. The van der Waals surface area contributed by atoms with Crippen molar-refractivity contribution in [2.45, 2.75) is 20.4 Å². The maximum absolute atomic E-state index is 14.1. The molecule has 0 saturated carbocycles. The Morgan fingerprint density at radius 3 is 2.37 bits per heavy atom. The lowest BCUT2D eigenvalue weighted by Gasteiger charge is -2.25. The number of hydrogen-bond acceptors (Lipinski definition) is 4. The van der Waals surface area contributed by atoms with Crippen LogP contribution >= 0.6 is 0 Å². The first-order chi connectivity index (χ1) is 14.5. The smallest absolute Gasteiger partial charge is 0.224 e. The van der Waals surface area contributed by atoms with Crippen molar-refractivity contribution in [3.8, 4) is 23.0 Å². The van der Waals surface area contributed by atoms with E-state index in [0.29, 0.717) is 35.3 Å². The van der Waals surface area contributed by atoms with Crippen LogP contribution in [-0.2, 0) is 11.3 Å². The summed E-state index contributed by atoms with van der Waals surface area (Å²) in [6, 6.07) is 18.6. The molecule has 0 aliphatic heterocycles. The van der Waals surface area contributed by atoms with E-state index in [2.05, 4.69) is 0 Å². The van der Waals surface area contributed by atoms with Crippen molar-refractivity contribution in [1.29, 1.82) is 0 Å². The fourth-order valence-corrected chi connectivity index (χ4v) is 3.04. The van der Waals surface area contributed by atoms with Gasteiger partial charge in [-0.3, -0.25) is 4.79 Å². The monoisotopic (exact) mass is 409 g/mol. The van der Waals surface area contributed by atoms with Crippen molar-refractivity contribution in [2.75, 3.05) is 18.6 Å². The summed E-state index contributed by atoms with van der Waals surface area (Å²) in [5.74, 6) is 1.50. The second-order valence-corrected chi connectivity index (χ2v) is 6.54. The number of amides is 1. The third kappa shape index (κ3) is 5.08. The lowest BCUT2D eigenvalue weighted by Crippen LogP contribution is -2.28. The van der Waals surface area contributed by atoms with Crippen LogP contribution in [0.3, 0.4) is 0 Å². The number of carbonyl (C=O) groups excluding carboxylic acids is 1. The van der Waals surface area contributed by atoms with E-state index >= 15 is 0 Å². The van der Waals surface area contributed by atoms with Crippen molar-refractivity contribution in [3.63, 3.8) is 0 Å². The first kappa shape index (κ1) is 21.2.